The number of hydrogen-bond donors (Lipinski definition) is 3. The maximum absolute atomic E-state index is 8.59. The monoisotopic (exact) mass is 329 g/mol. The lowest BCUT2D eigenvalue weighted by Gasteiger charge is -2.29. The summed E-state index contributed by atoms with van der Waals surface area (Å²) >= 11 is 1.65. The highest BCUT2D eigenvalue weighted by Crippen LogP contribution is 2.32. The molecule has 3 N–H and O–H groups in total. The fourth-order valence-electron chi connectivity index (χ4n) is 2.52. The minimum atomic E-state index is 0.362. The molecular weight excluding hydrogens is 306 g/mol. The van der Waals surface area contributed by atoms with Gasteiger partial charge in [-0.1, -0.05) is 32.0 Å². The van der Waals surface area contributed by atoms with Crippen molar-refractivity contribution in [2.24, 2.45) is 0 Å². The van der Waals surface area contributed by atoms with E-state index in [4.69, 9.17) is 10.4 Å². The van der Waals surface area contributed by atoms with Gasteiger partial charge >= 0.3 is 0 Å². The third-order valence-electron chi connectivity index (χ3n) is 3.83. The van der Waals surface area contributed by atoms with Crippen LogP contribution in [0.2, 0.25) is 0 Å². The zero-order valence-corrected chi connectivity index (χ0v) is 14.4. The topological polar surface area (TPSA) is 64.0 Å². The number of nitrogens with zero attached hydrogens (tertiary/aromatic N) is 2. The number of thiazole rings is 1. The quantitative estimate of drug-likeness (QED) is 0.595. The van der Waals surface area contributed by atoms with Gasteiger partial charge in [0, 0.05) is 37.8 Å². The second-order valence-electron chi connectivity index (χ2n) is 5.96. The first-order chi connectivity index (χ1) is 11.1. The van der Waals surface area contributed by atoms with Gasteiger partial charge in [0.25, 0.3) is 0 Å². The highest BCUT2D eigenvalue weighted by Gasteiger charge is 2.22. The molecule has 1 aliphatic heterocycles. The van der Waals surface area contributed by atoms with Crippen molar-refractivity contribution < 1.29 is 0 Å². The molecule has 0 amide bonds. The average molecular weight is 329 g/mol. The summed E-state index contributed by atoms with van der Waals surface area (Å²) < 4.78 is 0. The lowest BCUT2D eigenvalue weighted by atomic mass is 10.2. The van der Waals surface area contributed by atoms with E-state index in [2.05, 4.69) is 29.4 Å². The fraction of sp³-hybridized carbons (Fsp3) is 0.412. The molecule has 1 saturated heterocycles. The van der Waals surface area contributed by atoms with Gasteiger partial charge in [-0.05, 0) is 12.1 Å². The molecule has 0 bridgehead atoms. The SMILES string of the molecule is CC(C)c1nc(C(=N)N2CCNCC2)c(Nc2ccccc2)s1. The normalized spacial score (nSPS) is 15.0. The van der Waals surface area contributed by atoms with E-state index in [1.54, 1.807) is 11.3 Å². The Morgan fingerprint density at radius 1 is 1.26 bits per heavy atom. The van der Waals surface area contributed by atoms with Crippen molar-refractivity contribution in [1.29, 1.82) is 5.41 Å². The summed E-state index contributed by atoms with van der Waals surface area (Å²) in [6.07, 6.45) is 0. The van der Waals surface area contributed by atoms with E-state index in [9.17, 15) is 0 Å². The van der Waals surface area contributed by atoms with Crippen LogP contribution in [0.5, 0.6) is 0 Å². The lowest BCUT2D eigenvalue weighted by Crippen LogP contribution is -2.46. The van der Waals surface area contributed by atoms with E-state index < -0.39 is 0 Å². The molecule has 0 aliphatic carbocycles. The van der Waals surface area contributed by atoms with Crippen LogP contribution in [0.15, 0.2) is 30.3 Å². The molecule has 0 unspecified atom stereocenters. The number of anilines is 2. The second-order valence-corrected chi connectivity index (χ2v) is 6.99. The molecule has 0 radical (unpaired) electrons. The average Bonchev–Trinajstić information content (AvgIpc) is 3.00. The molecule has 2 heterocycles. The molecule has 5 nitrogen and oxygen atoms in total. The van der Waals surface area contributed by atoms with Crippen molar-refractivity contribution >= 4 is 27.9 Å². The van der Waals surface area contributed by atoms with E-state index in [-0.39, 0.29) is 0 Å². The van der Waals surface area contributed by atoms with Gasteiger partial charge in [0.2, 0.25) is 0 Å². The second kappa shape index (κ2) is 7.10. The molecule has 0 atom stereocenters. The van der Waals surface area contributed by atoms with Gasteiger partial charge in [0.1, 0.15) is 16.5 Å². The molecule has 0 saturated carbocycles. The maximum Gasteiger partial charge on any atom is 0.150 e. The first kappa shape index (κ1) is 16.0. The van der Waals surface area contributed by atoms with Crippen molar-refractivity contribution in [2.45, 2.75) is 19.8 Å². The van der Waals surface area contributed by atoms with Crippen LogP contribution in [-0.4, -0.2) is 41.9 Å². The van der Waals surface area contributed by atoms with Crippen molar-refractivity contribution in [1.82, 2.24) is 15.2 Å². The highest BCUT2D eigenvalue weighted by molar-refractivity contribution is 7.16. The van der Waals surface area contributed by atoms with E-state index >= 15 is 0 Å². The van der Waals surface area contributed by atoms with Gasteiger partial charge in [-0.3, -0.25) is 5.41 Å². The van der Waals surface area contributed by atoms with Gasteiger partial charge in [-0.2, -0.15) is 0 Å². The van der Waals surface area contributed by atoms with Gasteiger partial charge < -0.3 is 15.5 Å². The number of hydrogen-bond acceptors (Lipinski definition) is 5. The lowest BCUT2D eigenvalue weighted by molar-refractivity contribution is 0.356. The Labute approximate surface area is 141 Å². The first-order valence-electron chi connectivity index (χ1n) is 8.02. The van der Waals surface area contributed by atoms with Crippen LogP contribution in [0.1, 0.15) is 30.5 Å². The van der Waals surface area contributed by atoms with E-state index in [1.165, 1.54) is 0 Å². The van der Waals surface area contributed by atoms with Crippen LogP contribution >= 0.6 is 11.3 Å². The summed E-state index contributed by atoms with van der Waals surface area (Å²) in [5, 5.41) is 17.4. The minimum Gasteiger partial charge on any atom is -0.353 e. The van der Waals surface area contributed by atoms with Crippen LogP contribution in [-0.2, 0) is 0 Å². The zero-order valence-electron chi connectivity index (χ0n) is 13.6. The van der Waals surface area contributed by atoms with E-state index in [1.807, 2.05) is 30.3 Å². The number of benzene rings is 1. The van der Waals surface area contributed by atoms with Gasteiger partial charge in [0.05, 0.1) is 5.01 Å². The smallest absolute Gasteiger partial charge is 0.150 e. The van der Waals surface area contributed by atoms with Crippen LogP contribution in [0.25, 0.3) is 0 Å². The van der Waals surface area contributed by atoms with Crippen molar-refractivity contribution in [3.05, 3.63) is 41.0 Å². The molecule has 2 aromatic rings. The molecule has 1 aromatic heterocycles. The molecule has 1 fully saturated rings. The third kappa shape index (κ3) is 3.71. The Bertz CT molecular complexity index is 659. The summed E-state index contributed by atoms with van der Waals surface area (Å²) in [4.78, 5) is 6.85. The molecule has 3 rings (SSSR count). The van der Waals surface area contributed by atoms with E-state index in [0.717, 1.165) is 47.6 Å². The van der Waals surface area contributed by atoms with Gasteiger partial charge in [-0.15, -0.1) is 11.3 Å². The van der Waals surface area contributed by atoms with Crippen molar-refractivity contribution in [2.75, 3.05) is 31.5 Å². The van der Waals surface area contributed by atoms with Crippen LogP contribution in [0.4, 0.5) is 10.7 Å². The van der Waals surface area contributed by atoms with Gasteiger partial charge in [0.15, 0.2) is 0 Å². The zero-order chi connectivity index (χ0) is 16.2. The predicted molar refractivity (Wildman–Crippen MR) is 97.2 cm³/mol. The van der Waals surface area contributed by atoms with Crippen molar-refractivity contribution in [3.8, 4) is 0 Å². The maximum atomic E-state index is 8.59. The summed E-state index contributed by atoms with van der Waals surface area (Å²) in [6.45, 7) is 7.85. The summed E-state index contributed by atoms with van der Waals surface area (Å²) in [5.74, 6) is 0.883. The standard InChI is InChI=1S/C17H23N5S/c1-12(2)16-21-14(15(18)22-10-8-19-9-11-22)17(23-16)20-13-6-4-3-5-7-13/h3-7,12,18-20H,8-11H2,1-2H3. The first-order valence-corrected chi connectivity index (χ1v) is 8.84. The van der Waals surface area contributed by atoms with Gasteiger partial charge in [-0.25, -0.2) is 4.98 Å². The van der Waals surface area contributed by atoms with E-state index in [0.29, 0.717) is 11.8 Å². The Morgan fingerprint density at radius 2 is 1.96 bits per heavy atom. The van der Waals surface area contributed by atoms with Crippen LogP contribution in [0.3, 0.4) is 0 Å². The molecule has 6 heteroatoms. The Kier molecular flexibility index (Phi) is 4.93. The van der Waals surface area contributed by atoms with Crippen LogP contribution in [0, 0.1) is 5.41 Å². The Balaban J connectivity index is 1.89. The molecule has 23 heavy (non-hydrogen) atoms. The van der Waals surface area contributed by atoms with Crippen LogP contribution < -0.4 is 10.6 Å². The summed E-state index contributed by atoms with van der Waals surface area (Å²) in [5.41, 5.74) is 1.80. The molecule has 1 aliphatic rings. The Hall–Kier alpha value is -1.92. The van der Waals surface area contributed by atoms with Crippen molar-refractivity contribution in [3.63, 3.8) is 0 Å². The molecule has 1 aromatic carbocycles. The number of nitrogens with one attached hydrogen (secondary N) is 3. The molecule has 0 spiro atoms. The fourth-order valence-corrected chi connectivity index (χ4v) is 3.51. The predicted octanol–water partition coefficient (Wildman–Crippen LogP) is 3.24. The number of amidine groups is 1. The number of piperazine rings is 1. The highest BCUT2D eigenvalue weighted by atomic mass is 32.1. The number of aromatic nitrogens is 1. The molecule has 122 valence electrons. The summed E-state index contributed by atoms with van der Waals surface area (Å²) in [7, 11) is 0. The summed E-state index contributed by atoms with van der Waals surface area (Å²) in [6, 6.07) is 10.1. The number of rotatable bonds is 4. The largest absolute Gasteiger partial charge is 0.353 e. The number of para-hydroxylation sites is 1. The minimum absolute atomic E-state index is 0.362. The third-order valence-corrected chi connectivity index (χ3v) is 5.10. The Morgan fingerprint density at radius 3 is 2.61 bits per heavy atom. The molecular formula is C17H23N5S.